The Hall–Kier alpha value is -2.80. The number of benzene rings is 1. The summed E-state index contributed by atoms with van der Waals surface area (Å²) in [6, 6.07) is 10.1. The molecule has 0 unspecified atom stereocenters. The number of hydrogen-bond acceptors (Lipinski definition) is 5. The molecule has 0 saturated heterocycles. The smallest absolute Gasteiger partial charge is 0.319 e. The van der Waals surface area contributed by atoms with E-state index >= 15 is 0 Å². The Kier molecular flexibility index (Phi) is 6.39. The second kappa shape index (κ2) is 8.73. The van der Waals surface area contributed by atoms with Crippen LogP contribution in [0, 0.1) is 0 Å². The van der Waals surface area contributed by atoms with Crippen LogP contribution in [0.25, 0.3) is 0 Å². The number of rotatable bonds is 7. The molecule has 2 N–H and O–H groups in total. The third-order valence-electron chi connectivity index (χ3n) is 3.09. The molecule has 2 aromatic rings. The van der Waals surface area contributed by atoms with Gasteiger partial charge in [-0.1, -0.05) is 0 Å². The summed E-state index contributed by atoms with van der Waals surface area (Å²) < 4.78 is 15.8. The Morgan fingerprint density at radius 1 is 1.17 bits per heavy atom. The summed E-state index contributed by atoms with van der Waals surface area (Å²) in [4.78, 5) is 16.2. The minimum atomic E-state index is -0.355. The van der Waals surface area contributed by atoms with Gasteiger partial charge in [0.05, 0.1) is 19.8 Å². The van der Waals surface area contributed by atoms with Crippen molar-refractivity contribution in [3.8, 4) is 17.4 Å². The number of ether oxygens (including phenoxy) is 3. The molecule has 0 spiro atoms. The third kappa shape index (κ3) is 5.13. The molecular formula is C17H21N3O4. The molecule has 1 aromatic heterocycles. The Morgan fingerprint density at radius 2 is 1.88 bits per heavy atom. The highest BCUT2D eigenvalue weighted by molar-refractivity contribution is 5.90. The van der Waals surface area contributed by atoms with E-state index in [-0.39, 0.29) is 12.1 Å². The zero-order valence-corrected chi connectivity index (χ0v) is 13.9. The van der Waals surface area contributed by atoms with E-state index in [4.69, 9.17) is 14.2 Å². The number of nitrogens with zero attached hydrogens (tertiary/aromatic N) is 1. The van der Waals surface area contributed by atoms with Crippen molar-refractivity contribution >= 4 is 11.7 Å². The van der Waals surface area contributed by atoms with Crippen LogP contribution in [-0.4, -0.2) is 37.9 Å². The van der Waals surface area contributed by atoms with E-state index in [2.05, 4.69) is 15.6 Å². The van der Waals surface area contributed by atoms with Crippen molar-refractivity contribution in [1.29, 1.82) is 0 Å². The van der Waals surface area contributed by atoms with E-state index in [1.54, 1.807) is 56.8 Å². The number of amides is 2. The Morgan fingerprint density at radius 3 is 2.54 bits per heavy atom. The second-order valence-corrected chi connectivity index (χ2v) is 5.09. The first-order valence-corrected chi connectivity index (χ1v) is 7.45. The molecule has 1 atom stereocenters. The lowest BCUT2D eigenvalue weighted by atomic mass is 10.3. The zero-order chi connectivity index (χ0) is 17.4. The molecule has 7 nitrogen and oxygen atoms in total. The van der Waals surface area contributed by atoms with Crippen LogP contribution in [0.2, 0.25) is 0 Å². The standard InChI is InChI=1S/C17H21N3O4/c1-12(11-22-2)19-17(21)20-15-5-4-10-18-16(15)24-14-8-6-13(23-3)7-9-14/h4-10,12H,11H2,1-3H3,(H2,19,20,21)/t12-/m0/s1. The first kappa shape index (κ1) is 17.6. The van der Waals surface area contributed by atoms with Gasteiger partial charge in [0.1, 0.15) is 17.2 Å². The van der Waals surface area contributed by atoms with Crippen molar-refractivity contribution in [2.45, 2.75) is 13.0 Å². The van der Waals surface area contributed by atoms with Gasteiger partial charge in [0.25, 0.3) is 0 Å². The highest BCUT2D eigenvalue weighted by atomic mass is 16.5. The van der Waals surface area contributed by atoms with Crippen LogP contribution >= 0.6 is 0 Å². The van der Waals surface area contributed by atoms with Crippen molar-refractivity contribution in [1.82, 2.24) is 10.3 Å². The lowest BCUT2D eigenvalue weighted by Crippen LogP contribution is -2.38. The highest BCUT2D eigenvalue weighted by Gasteiger charge is 2.12. The SMILES string of the molecule is COC[C@H](C)NC(=O)Nc1cccnc1Oc1ccc(OC)cc1. The summed E-state index contributed by atoms with van der Waals surface area (Å²) in [5.74, 6) is 1.62. The predicted molar refractivity (Wildman–Crippen MR) is 90.8 cm³/mol. The first-order chi connectivity index (χ1) is 11.6. The van der Waals surface area contributed by atoms with Crippen LogP contribution in [-0.2, 0) is 4.74 Å². The monoisotopic (exact) mass is 331 g/mol. The molecular weight excluding hydrogens is 310 g/mol. The van der Waals surface area contributed by atoms with Gasteiger partial charge in [-0.15, -0.1) is 0 Å². The maximum absolute atomic E-state index is 12.0. The first-order valence-electron chi connectivity index (χ1n) is 7.45. The number of nitrogens with one attached hydrogen (secondary N) is 2. The number of aromatic nitrogens is 1. The van der Waals surface area contributed by atoms with Crippen LogP contribution < -0.4 is 20.1 Å². The van der Waals surface area contributed by atoms with Crippen molar-refractivity contribution in [3.05, 3.63) is 42.6 Å². The predicted octanol–water partition coefficient (Wildman–Crippen LogP) is 3.04. The van der Waals surface area contributed by atoms with Gasteiger partial charge < -0.3 is 24.8 Å². The van der Waals surface area contributed by atoms with E-state index in [1.807, 2.05) is 6.92 Å². The number of methoxy groups -OCH3 is 2. The maximum atomic E-state index is 12.0. The second-order valence-electron chi connectivity index (χ2n) is 5.09. The number of anilines is 1. The fourth-order valence-corrected chi connectivity index (χ4v) is 2.00. The van der Waals surface area contributed by atoms with Crippen molar-refractivity contribution < 1.29 is 19.0 Å². The van der Waals surface area contributed by atoms with Crippen LogP contribution in [0.15, 0.2) is 42.6 Å². The highest BCUT2D eigenvalue weighted by Crippen LogP contribution is 2.27. The molecule has 0 aliphatic rings. The van der Waals surface area contributed by atoms with Crippen LogP contribution in [0.4, 0.5) is 10.5 Å². The summed E-state index contributed by atoms with van der Waals surface area (Å²) in [5.41, 5.74) is 0.468. The number of pyridine rings is 1. The average Bonchev–Trinajstić information content (AvgIpc) is 2.57. The topological polar surface area (TPSA) is 81.7 Å². The van der Waals surface area contributed by atoms with E-state index in [0.29, 0.717) is 23.9 Å². The normalized spacial score (nSPS) is 11.5. The summed E-state index contributed by atoms with van der Waals surface area (Å²) >= 11 is 0. The quantitative estimate of drug-likeness (QED) is 0.815. The third-order valence-corrected chi connectivity index (χ3v) is 3.09. The van der Waals surface area contributed by atoms with E-state index in [0.717, 1.165) is 5.75 Å². The molecule has 0 fully saturated rings. The summed E-state index contributed by atoms with van der Waals surface area (Å²) in [6.07, 6.45) is 1.59. The Balaban J connectivity index is 2.05. The van der Waals surface area contributed by atoms with Crippen LogP contribution in [0.5, 0.6) is 17.4 Å². The maximum Gasteiger partial charge on any atom is 0.319 e. The molecule has 1 heterocycles. The van der Waals surface area contributed by atoms with Gasteiger partial charge in [-0.2, -0.15) is 0 Å². The van der Waals surface area contributed by atoms with E-state index < -0.39 is 0 Å². The fraction of sp³-hybridized carbons (Fsp3) is 0.294. The lowest BCUT2D eigenvalue weighted by Gasteiger charge is -2.15. The van der Waals surface area contributed by atoms with Gasteiger partial charge in [-0.3, -0.25) is 0 Å². The van der Waals surface area contributed by atoms with Gasteiger partial charge in [-0.05, 0) is 43.3 Å². The molecule has 128 valence electrons. The molecule has 2 amide bonds. The molecule has 24 heavy (non-hydrogen) atoms. The Labute approximate surface area is 140 Å². The van der Waals surface area contributed by atoms with Crippen molar-refractivity contribution in [3.63, 3.8) is 0 Å². The zero-order valence-electron chi connectivity index (χ0n) is 13.9. The number of urea groups is 1. The Bertz CT molecular complexity index is 661. The number of carbonyl (C=O) groups excluding carboxylic acids is 1. The van der Waals surface area contributed by atoms with Gasteiger partial charge in [-0.25, -0.2) is 9.78 Å². The number of hydrogen-bond donors (Lipinski definition) is 2. The van der Waals surface area contributed by atoms with E-state index in [9.17, 15) is 4.79 Å². The lowest BCUT2D eigenvalue weighted by molar-refractivity contribution is 0.173. The molecule has 0 aliphatic heterocycles. The van der Waals surface area contributed by atoms with Gasteiger partial charge >= 0.3 is 6.03 Å². The molecule has 0 aliphatic carbocycles. The molecule has 0 radical (unpaired) electrons. The van der Waals surface area contributed by atoms with Crippen molar-refractivity contribution in [2.24, 2.45) is 0 Å². The largest absolute Gasteiger partial charge is 0.497 e. The molecule has 0 bridgehead atoms. The fourth-order valence-electron chi connectivity index (χ4n) is 2.00. The average molecular weight is 331 g/mol. The summed E-state index contributed by atoms with van der Waals surface area (Å²) in [6.45, 7) is 2.27. The van der Waals surface area contributed by atoms with E-state index in [1.165, 1.54) is 0 Å². The van der Waals surface area contributed by atoms with Gasteiger partial charge in [0.2, 0.25) is 5.88 Å². The minimum absolute atomic E-state index is 0.113. The number of carbonyl (C=O) groups is 1. The summed E-state index contributed by atoms with van der Waals surface area (Å²) in [7, 11) is 3.18. The van der Waals surface area contributed by atoms with Gasteiger partial charge in [0, 0.05) is 13.3 Å². The minimum Gasteiger partial charge on any atom is -0.497 e. The van der Waals surface area contributed by atoms with Crippen LogP contribution in [0.3, 0.4) is 0 Å². The molecule has 7 heteroatoms. The van der Waals surface area contributed by atoms with Crippen LogP contribution in [0.1, 0.15) is 6.92 Å². The summed E-state index contributed by atoms with van der Waals surface area (Å²) in [5, 5.41) is 5.49. The molecule has 2 rings (SSSR count). The van der Waals surface area contributed by atoms with Gasteiger partial charge in [0.15, 0.2) is 0 Å². The van der Waals surface area contributed by atoms with Crippen molar-refractivity contribution in [2.75, 3.05) is 26.1 Å². The molecule has 1 aromatic carbocycles. The molecule has 0 saturated carbocycles.